The maximum absolute atomic E-state index is 8.63. The molecule has 0 fully saturated rings. The van der Waals surface area contributed by atoms with Crippen LogP contribution >= 0.6 is 0 Å². The molecule has 0 N–H and O–H groups in total. The number of nitrogens with zero attached hydrogens (tertiary/aromatic N) is 1. The molecule has 0 aliphatic rings. The largest absolute Gasteiger partial charge is 0.494 e. The fourth-order valence-electron chi connectivity index (χ4n) is 0.990. The van der Waals surface area contributed by atoms with Crippen LogP contribution in [0.2, 0.25) is 6.32 Å². The second-order valence-corrected chi connectivity index (χ2v) is 2.84. The van der Waals surface area contributed by atoms with Gasteiger partial charge in [0.1, 0.15) is 13.6 Å². The van der Waals surface area contributed by atoms with Crippen LogP contribution in [0.25, 0.3) is 0 Å². The Morgan fingerprint density at radius 1 is 1.46 bits per heavy atom. The van der Waals surface area contributed by atoms with Gasteiger partial charge in [0.2, 0.25) is 0 Å². The van der Waals surface area contributed by atoms with E-state index in [1.165, 1.54) is 0 Å². The first kappa shape index (κ1) is 9.66. The van der Waals surface area contributed by atoms with Crippen LogP contribution in [0.4, 0.5) is 0 Å². The first-order valence-corrected chi connectivity index (χ1v) is 4.49. The Morgan fingerprint density at radius 2 is 2.31 bits per heavy atom. The van der Waals surface area contributed by atoms with Crippen molar-refractivity contribution in [2.24, 2.45) is 0 Å². The van der Waals surface area contributed by atoms with Gasteiger partial charge in [0.15, 0.2) is 0 Å². The van der Waals surface area contributed by atoms with E-state index < -0.39 is 0 Å². The lowest BCUT2D eigenvalue weighted by atomic mass is 10.0. The zero-order chi connectivity index (χ0) is 9.52. The van der Waals surface area contributed by atoms with Crippen molar-refractivity contribution in [3.8, 4) is 11.8 Å². The summed E-state index contributed by atoms with van der Waals surface area (Å²) in [5.41, 5.74) is 0.647. The van der Waals surface area contributed by atoms with Gasteiger partial charge in [-0.25, -0.2) is 0 Å². The van der Waals surface area contributed by atoms with Gasteiger partial charge in [-0.2, -0.15) is 5.26 Å². The highest BCUT2D eigenvalue weighted by Gasteiger charge is 1.94. The van der Waals surface area contributed by atoms with Crippen molar-refractivity contribution >= 4 is 7.85 Å². The third-order valence-electron chi connectivity index (χ3n) is 1.73. The molecule has 0 spiro atoms. The van der Waals surface area contributed by atoms with Crippen molar-refractivity contribution in [3.63, 3.8) is 0 Å². The summed E-state index contributed by atoms with van der Waals surface area (Å²) in [7, 11) is 2.12. The number of ether oxygens (including phenoxy) is 1. The summed E-state index contributed by atoms with van der Waals surface area (Å²) in [5.74, 6) is 0.785. The molecular formula is C10H12BNO. The van der Waals surface area contributed by atoms with Crippen LogP contribution in [0.3, 0.4) is 0 Å². The molecule has 1 rings (SSSR count). The van der Waals surface area contributed by atoms with Crippen LogP contribution in [0.1, 0.15) is 12.0 Å². The van der Waals surface area contributed by atoms with E-state index in [0.717, 1.165) is 25.1 Å². The molecule has 2 nitrogen and oxygen atoms in total. The van der Waals surface area contributed by atoms with Crippen LogP contribution < -0.4 is 4.74 Å². The lowest BCUT2D eigenvalue weighted by Gasteiger charge is -2.04. The molecule has 0 saturated heterocycles. The molecule has 0 aromatic heterocycles. The Kier molecular flexibility index (Phi) is 3.91. The summed E-state index contributed by atoms with van der Waals surface area (Å²) in [6, 6.07) is 9.31. The Hall–Kier alpha value is -1.43. The highest BCUT2D eigenvalue weighted by Crippen LogP contribution is 2.12. The van der Waals surface area contributed by atoms with Crippen LogP contribution in [0.15, 0.2) is 24.3 Å². The Labute approximate surface area is 79.5 Å². The van der Waals surface area contributed by atoms with E-state index in [9.17, 15) is 0 Å². The van der Waals surface area contributed by atoms with E-state index in [1.54, 1.807) is 12.1 Å². The molecule has 66 valence electrons. The SMILES string of the molecule is BCCCOc1cccc(C#N)c1. The third kappa shape index (κ3) is 3.21. The van der Waals surface area contributed by atoms with Crippen LogP contribution in [0.5, 0.6) is 5.75 Å². The van der Waals surface area contributed by atoms with Gasteiger partial charge >= 0.3 is 0 Å². The standard InChI is InChI=1S/C10H12BNO/c11-5-2-6-13-10-4-1-3-9(7-10)8-12/h1,3-4,7H,2,5-6,11H2. The minimum absolute atomic E-state index is 0.647. The summed E-state index contributed by atoms with van der Waals surface area (Å²) in [6.07, 6.45) is 2.18. The fraction of sp³-hybridized carbons (Fsp3) is 0.300. The first-order chi connectivity index (χ1) is 6.36. The van der Waals surface area contributed by atoms with E-state index in [4.69, 9.17) is 10.00 Å². The van der Waals surface area contributed by atoms with Crippen molar-refractivity contribution in [3.05, 3.63) is 29.8 Å². The van der Waals surface area contributed by atoms with Crippen LogP contribution in [-0.2, 0) is 0 Å². The van der Waals surface area contributed by atoms with Gasteiger partial charge in [-0.1, -0.05) is 12.4 Å². The topological polar surface area (TPSA) is 33.0 Å². The molecule has 13 heavy (non-hydrogen) atoms. The Balaban J connectivity index is 2.52. The van der Waals surface area contributed by atoms with Gasteiger partial charge in [0.05, 0.1) is 18.2 Å². The molecule has 0 amide bonds. The number of benzene rings is 1. The summed E-state index contributed by atoms with van der Waals surface area (Å²) in [4.78, 5) is 0. The lowest BCUT2D eigenvalue weighted by Crippen LogP contribution is -1.96. The number of nitriles is 1. The molecule has 1 aromatic carbocycles. The fourth-order valence-corrected chi connectivity index (χ4v) is 0.990. The van der Waals surface area contributed by atoms with Gasteiger partial charge in [-0.05, 0) is 24.6 Å². The molecule has 0 aliphatic heterocycles. The first-order valence-electron chi connectivity index (χ1n) is 4.49. The molecule has 0 atom stereocenters. The van der Waals surface area contributed by atoms with E-state index in [2.05, 4.69) is 13.9 Å². The molecule has 0 radical (unpaired) electrons. The van der Waals surface area contributed by atoms with Gasteiger partial charge in [-0.15, -0.1) is 0 Å². The van der Waals surface area contributed by atoms with Crippen LogP contribution in [0, 0.1) is 11.3 Å². The Morgan fingerprint density at radius 3 is 3.00 bits per heavy atom. The smallest absolute Gasteiger partial charge is 0.120 e. The predicted octanol–water partition coefficient (Wildman–Crippen LogP) is 1.38. The predicted molar refractivity (Wildman–Crippen MR) is 54.6 cm³/mol. The quantitative estimate of drug-likeness (QED) is 0.508. The maximum Gasteiger partial charge on any atom is 0.120 e. The molecule has 3 heteroatoms. The second kappa shape index (κ2) is 5.26. The van der Waals surface area contributed by atoms with Gasteiger partial charge in [0.25, 0.3) is 0 Å². The zero-order valence-electron chi connectivity index (χ0n) is 7.79. The Bertz CT molecular complexity index is 306. The van der Waals surface area contributed by atoms with Gasteiger partial charge in [0, 0.05) is 0 Å². The summed E-state index contributed by atoms with van der Waals surface area (Å²) in [6.45, 7) is 0.728. The van der Waals surface area contributed by atoms with Gasteiger partial charge < -0.3 is 4.74 Å². The normalized spacial score (nSPS) is 9.15. The van der Waals surface area contributed by atoms with Crippen molar-refractivity contribution in [2.45, 2.75) is 12.7 Å². The van der Waals surface area contributed by atoms with E-state index in [1.807, 2.05) is 12.1 Å². The zero-order valence-corrected chi connectivity index (χ0v) is 7.79. The van der Waals surface area contributed by atoms with Crippen molar-refractivity contribution < 1.29 is 4.74 Å². The average Bonchev–Trinajstić information content (AvgIpc) is 2.19. The molecule has 1 aromatic rings. The van der Waals surface area contributed by atoms with E-state index >= 15 is 0 Å². The van der Waals surface area contributed by atoms with E-state index in [-0.39, 0.29) is 0 Å². The number of hydrogen-bond acceptors (Lipinski definition) is 2. The van der Waals surface area contributed by atoms with Gasteiger partial charge in [-0.3, -0.25) is 0 Å². The average molecular weight is 173 g/mol. The molecule has 0 unspecified atom stereocenters. The lowest BCUT2D eigenvalue weighted by molar-refractivity contribution is 0.317. The monoisotopic (exact) mass is 173 g/mol. The third-order valence-corrected chi connectivity index (χ3v) is 1.73. The van der Waals surface area contributed by atoms with Crippen molar-refractivity contribution in [1.29, 1.82) is 5.26 Å². The number of hydrogen-bond donors (Lipinski definition) is 0. The minimum atomic E-state index is 0.647. The summed E-state index contributed by atoms with van der Waals surface area (Å²) in [5, 5.41) is 8.63. The number of rotatable bonds is 4. The highest BCUT2D eigenvalue weighted by molar-refractivity contribution is 6.08. The second-order valence-electron chi connectivity index (χ2n) is 2.84. The highest BCUT2D eigenvalue weighted by atomic mass is 16.5. The molecule has 0 saturated carbocycles. The van der Waals surface area contributed by atoms with E-state index in [0.29, 0.717) is 5.56 Å². The summed E-state index contributed by atoms with van der Waals surface area (Å²) < 4.78 is 5.44. The molecule has 0 bridgehead atoms. The van der Waals surface area contributed by atoms with Crippen molar-refractivity contribution in [1.82, 2.24) is 0 Å². The molecule has 0 heterocycles. The maximum atomic E-state index is 8.63. The minimum Gasteiger partial charge on any atom is -0.494 e. The molecular weight excluding hydrogens is 161 g/mol. The van der Waals surface area contributed by atoms with Crippen molar-refractivity contribution in [2.75, 3.05) is 6.61 Å². The molecule has 0 aliphatic carbocycles. The van der Waals surface area contributed by atoms with Crippen LogP contribution in [-0.4, -0.2) is 14.5 Å². The summed E-state index contributed by atoms with van der Waals surface area (Å²) >= 11 is 0.